The average molecular weight is 492 g/mol. The van der Waals surface area contributed by atoms with Gasteiger partial charge in [-0.1, -0.05) is 60.5 Å². The molecule has 0 aromatic heterocycles. The van der Waals surface area contributed by atoms with Crippen LogP contribution in [0.2, 0.25) is 5.02 Å². The molecule has 1 atom stereocenters. The Morgan fingerprint density at radius 2 is 1.74 bits per heavy atom. The number of carbonyl (C=O) groups excluding carboxylic acids is 2. The van der Waals surface area contributed by atoms with Crippen molar-refractivity contribution in [1.82, 2.24) is 4.90 Å². The van der Waals surface area contributed by atoms with Gasteiger partial charge in [0.1, 0.15) is 6.04 Å². The molecule has 3 aromatic carbocycles. The van der Waals surface area contributed by atoms with E-state index in [0.29, 0.717) is 28.1 Å². The molecule has 0 aliphatic carbocycles. The number of anilines is 2. The Kier molecular flexibility index (Phi) is 7.29. The van der Waals surface area contributed by atoms with Gasteiger partial charge in [-0.2, -0.15) is 0 Å². The quantitative estimate of drug-likeness (QED) is 0.428. The number of thiocarbonyl (C=S) groups is 1. The Hall–Kier alpha value is -3.22. The molecule has 0 radical (unpaired) electrons. The lowest BCUT2D eigenvalue weighted by Gasteiger charge is -2.24. The van der Waals surface area contributed by atoms with Gasteiger partial charge in [-0.3, -0.25) is 14.5 Å². The van der Waals surface area contributed by atoms with Crippen LogP contribution < -0.4 is 10.2 Å². The Balaban J connectivity index is 1.59. The fourth-order valence-corrected chi connectivity index (χ4v) is 4.59. The molecule has 1 fully saturated rings. The molecule has 7 heteroatoms. The zero-order valence-corrected chi connectivity index (χ0v) is 20.7. The van der Waals surface area contributed by atoms with Crippen molar-refractivity contribution in [3.05, 3.63) is 94.5 Å². The van der Waals surface area contributed by atoms with Crippen molar-refractivity contribution in [3.63, 3.8) is 0 Å². The molecule has 1 N–H and O–H groups in total. The van der Waals surface area contributed by atoms with Crippen LogP contribution in [-0.2, 0) is 22.6 Å². The summed E-state index contributed by atoms with van der Waals surface area (Å²) in [7, 11) is 0. The van der Waals surface area contributed by atoms with Gasteiger partial charge in [0, 0.05) is 17.3 Å². The Morgan fingerprint density at radius 1 is 1.03 bits per heavy atom. The van der Waals surface area contributed by atoms with E-state index in [0.717, 1.165) is 17.5 Å². The summed E-state index contributed by atoms with van der Waals surface area (Å²) in [5, 5.41) is 3.89. The second kappa shape index (κ2) is 10.4. The Labute approximate surface area is 210 Å². The van der Waals surface area contributed by atoms with Crippen LogP contribution in [0.5, 0.6) is 0 Å². The first kappa shape index (κ1) is 23.9. The normalized spacial score (nSPS) is 15.7. The lowest BCUT2D eigenvalue weighted by molar-refractivity contribution is -0.124. The molecule has 1 aliphatic rings. The first-order valence-electron chi connectivity index (χ1n) is 11.2. The van der Waals surface area contributed by atoms with Gasteiger partial charge < -0.3 is 10.2 Å². The SMILES string of the molecule is CCc1ccc(NC(=O)C[C@H]2C(=O)N(c3ccc(C)cc3)C(=S)N2Cc2cccc(Cl)c2)cc1. The Morgan fingerprint density at radius 3 is 2.38 bits per heavy atom. The van der Waals surface area contributed by atoms with Gasteiger partial charge >= 0.3 is 0 Å². The zero-order chi connectivity index (χ0) is 24.2. The maximum Gasteiger partial charge on any atom is 0.256 e. The Bertz CT molecular complexity index is 1210. The monoisotopic (exact) mass is 491 g/mol. The van der Waals surface area contributed by atoms with Crippen molar-refractivity contribution in [2.75, 3.05) is 10.2 Å². The number of nitrogens with zero attached hydrogens (tertiary/aromatic N) is 2. The molecule has 174 valence electrons. The highest BCUT2D eigenvalue weighted by Gasteiger charge is 2.44. The number of rotatable bonds is 7. The van der Waals surface area contributed by atoms with Crippen LogP contribution in [0.25, 0.3) is 0 Å². The lowest BCUT2D eigenvalue weighted by atomic mass is 10.1. The highest BCUT2D eigenvalue weighted by atomic mass is 35.5. The molecule has 2 amide bonds. The molecular weight excluding hydrogens is 466 g/mol. The fourth-order valence-electron chi connectivity index (χ4n) is 3.99. The van der Waals surface area contributed by atoms with Gasteiger partial charge in [0.15, 0.2) is 5.11 Å². The maximum atomic E-state index is 13.5. The van der Waals surface area contributed by atoms with Gasteiger partial charge in [-0.05, 0) is 73.1 Å². The van der Waals surface area contributed by atoms with Crippen LogP contribution in [0.3, 0.4) is 0 Å². The van der Waals surface area contributed by atoms with Crippen molar-refractivity contribution in [3.8, 4) is 0 Å². The third-order valence-electron chi connectivity index (χ3n) is 5.88. The largest absolute Gasteiger partial charge is 0.332 e. The van der Waals surface area contributed by atoms with Crippen LogP contribution in [0, 0.1) is 6.92 Å². The number of nitrogens with one attached hydrogen (secondary N) is 1. The van der Waals surface area contributed by atoms with Gasteiger partial charge in [0.2, 0.25) is 5.91 Å². The highest BCUT2D eigenvalue weighted by Crippen LogP contribution is 2.29. The predicted octanol–water partition coefficient (Wildman–Crippen LogP) is 5.74. The number of halogens is 1. The molecule has 0 bridgehead atoms. The van der Waals surface area contributed by atoms with Crippen molar-refractivity contribution in [2.24, 2.45) is 0 Å². The molecule has 1 heterocycles. The van der Waals surface area contributed by atoms with Gasteiger partial charge in [0.25, 0.3) is 5.91 Å². The van der Waals surface area contributed by atoms with E-state index in [-0.39, 0.29) is 18.2 Å². The van der Waals surface area contributed by atoms with Crippen molar-refractivity contribution < 1.29 is 9.59 Å². The summed E-state index contributed by atoms with van der Waals surface area (Å²) in [6, 6.07) is 22.0. The van der Waals surface area contributed by atoms with Crippen molar-refractivity contribution in [2.45, 2.75) is 39.3 Å². The molecule has 1 saturated heterocycles. The summed E-state index contributed by atoms with van der Waals surface area (Å²) < 4.78 is 0. The summed E-state index contributed by atoms with van der Waals surface area (Å²) in [6.07, 6.45) is 0.910. The minimum atomic E-state index is -0.720. The zero-order valence-electron chi connectivity index (χ0n) is 19.1. The van der Waals surface area contributed by atoms with Crippen LogP contribution >= 0.6 is 23.8 Å². The van der Waals surface area contributed by atoms with Crippen molar-refractivity contribution >= 4 is 52.1 Å². The van der Waals surface area contributed by atoms with Crippen LogP contribution in [0.15, 0.2) is 72.8 Å². The summed E-state index contributed by atoms with van der Waals surface area (Å²) in [4.78, 5) is 29.8. The number of aryl methyl sites for hydroxylation is 2. The number of benzene rings is 3. The van der Waals surface area contributed by atoms with Gasteiger partial charge in [0.05, 0.1) is 12.1 Å². The molecule has 0 spiro atoms. The molecule has 1 aliphatic heterocycles. The lowest BCUT2D eigenvalue weighted by Crippen LogP contribution is -2.37. The summed E-state index contributed by atoms with van der Waals surface area (Å²) in [5.41, 5.74) is 4.58. The fraction of sp³-hybridized carbons (Fsp3) is 0.222. The summed E-state index contributed by atoms with van der Waals surface area (Å²) >= 11 is 11.9. The summed E-state index contributed by atoms with van der Waals surface area (Å²) in [6.45, 7) is 4.44. The smallest absolute Gasteiger partial charge is 0.256 e. The minimum absolute atomic E-state index is 0.0164. The molecule has 0 saturated carbocycles. The molecule has 4 rings (SSSR count). The molecule has 0 unspecified atom stereocenters. The first-order valence-corrected chi connectivity index (χ1v) is 12.0. The first-order chi connectivity index (χ1) is 16.4. The second-order valence-corrected chi connectivity index (χ2v) is 9.17. The molecule has 5 nitrogen and oxygen atoms in total. The highest BCUT2D eigenvalue weighted by molar-refractivity contribution is 7.80. The van der Waals surface area contributed by atoms with E-state index in [1.807, 2.05) is 78.6 Å². The molecule has 3 aromatic rings. The third kappa shape index (κ3) is 5.29. The standard InChI is InChI=1S/C27H26ClN3O2S/c1-3-19-9-11-22(12-10-19)29-25(32)16-24-26(33)31(23-13-7-18(2)8-14-23)27(34)30(24)17-20-5-4-6-21(28)15-20/h4-15,24H,3,16-17H2,1-2H3,(H,29,32)/t24-/m0/s1. The number of hydrogen-bond donors (Lipinski definition) is 1. The van der Waals surface area contributed by atoms with E-state index in [1.54, 1.807) is 6.07 Å². The minimum Gasteiger partial charge on any atom is -0.332 e. The topological polar surface area (TPSA) is 52.7 Å². The van der Waals surface area contributed by atoms with Crippen LogP contribution in [-0.4, -0.2) is 27.9 Å². The third-order valence-corrected chi connectivity index (χ3v) is 6.53. The predicted molar refractivity (Wildman–Crippen MR) is 141 cm³/mol. The average Bonchev–Trinajstić information content (AvgIpc) is 3.04. The summed E-state index contributed by atoms with van der Waals surface area (Å²) in [5.74, 6) is -0.459. The van der Waals surface area contributed by atoms with E-state index in [4.69, 9.17) is 23.8 Å². The van der Waals surface area contributed by atoms with E-state index >= 15 is 0 Å². The molecule has 34 heavy (non-hydrogen) atoms. The number of amides is 2. The van der Waals surface area contributed by atoms with E-state index in [2.05, 4.69) is 12.2 Å². The van der Waals surface area contributed by atoms with Crippen LogP contribution in [0.4, 0.5) is 11.4 Å². The number of carbonyl (C=O) groups is 2. The second-order valence-electron chi connectivity index (χ2n) is 8.37. The van der Waals surface area contributed by atoms with E-state index in [1.165, 1.54) is 10.5 Å². The van der Waals surface area contributed by atoms with E-state index in [9.17, 15) is 9.59 Å². The van der Waals surface area contributed by atoms with E-state index < -0.39 is 6.04 Å². The van der Waals surface area contributed by atoms with Crippen LogP contribution in [0.1, 0.15) is 30.0 Å². The van der Waals surface area contributed by atoms with Crippen molar-refractivity contribution in [1.29, 1.82) is 0 Å². The maximum absolute atomic E-state index is 13.5. The number of hydrogen-bond acceptors (Lipinski definition) is 3. The van der Waals surface area contributed by atoms with Gasteiger partial charge in [-0.15, -0.1) is 0 Å². The molecular formula is C27H26ClN3O2S. The van der Waals surface area contributed by atoms with Gasteiger partial charge in [-0.25, -0.2) is 0 Å².